The van der Waals surface area contributed by atoms with Gasteiger partial charge in [-0.25, -0.2) is 4.99 Å². The highest BCUT2D eigenvalue weighted by atomic mass is 16.5. The van der Waals surface area contributed by atoms with Gasteiger partial charge in [-0.2, -0.15) is 0 Å². The lowest BCUT2D eigenvalue weighted by atomic mass is 10.0. The van der Waals surface area contributed by atoms with Crippen LogP contribution in [0.2, 0.25) is 0 Å². The van der Waals surface area contributed by atoms with E-state index >= 15 is 0 Å². The van der Waals surface area contributed by atoms with Gasteiger partial charge in [-0.1, -0.05) is 19.1 Å². The maximum absolute atomic E-state index is 6.12. The van der Waals surface area contributed by atoms with Crippen molar-refractivity contribution < 1.29 is 9.47 Å². The van der Waals surface area contributed by atoms with E-state index in [9.17, 15) is 0 Å². The van der Waals surface area contributed by atoms with Crippen molar-refractivity contribution in [3.8, 4) is 5.75 Å². The van der Waals surface area contributed by atoms with Gasteiger partial charge in [0.15, 0.2) is 5.96 Å². The summed E-state index contributed by atoms with van der Waals surface area (Å²) >= 11 is 0. The Balaban J connectivity index is 1.89. The highest BCUT2D eigenvalue weighted by molar-refractivity contribution is 5.78. The quantitative estimate of drug-likeness (QED) is 0.497. The number of hydrogen-bond donors (Lipinski definition) is 1. The number of methoxy groups -OCH3 is 1. The molecule has 5 nitrogen and oxygen atoms in total. The lowest BCUT2D eigenvalue weighted by Crippen LogP contribution is -2.43. The largest absolute Gasteiger partial charge is 0.491 e. The van der Waals surface area contributed by atoms with Gasteiger partial charge >= 0.3 is 0 Å². The van der Waals surface area contributed by atoms with Gasteiger partial charge in [0.25, 0.3) is 0 Å². The van der Waals surface area contributed by atoms with E-state index in [0.717, 1.165) is 24.4 Å². The molecule has 1 aromatic rings. The van der Waals surface area contributed by atoms with E-state index in [0.29, 0.717) is 31.6 Å². The Morgan fingerprint density at radius 3 is 3.05 bits per heavy atom. The SMILES string of the molecule is COCCOc1cccc(CN=C(N)N2CCCC(C)C2)c1. The smallest absolute Gasteiger partial charge is 0.191 e. The predicted octanol–water partition coefficient (Wildman–Crippen LogP) is 2.26. The van der Waals surface area contributed by atoms with Gasteiger partial charge in [-0.3, -0.25) is 0 Å². The fraction of sp³-hybridized carbons (Fsp3) is 0.588. The number of benzene rings is 1. The molecular weight excluding hydrogens is 278 g/mol. The van der Waals surface area contributed by atoms with E-state index < -0.39 is 0 Å². The summed E-state index contributed by atoms with van der Waals surface area (Å²) < 4.78 is 10.6. The number of likely N-dealkylation sites (tertiary alicyclic amines) is 1. The third-order valence-corrected chi connectivity index (χ3v) is 3.86. The molecule has 1 fully saturated rings. The molecule has 2 N–H and O–H groups in total. The first-order valence-corrected chi connectivity index (χ1v) is 7.94. The van der Waals surface area contributed by atoms with Crippen LogP contribution in [-0.2, 0) is 11.3 Å². The molecule has 2 rings (SSSR count). The molecule has 122 valence electrons. The molecule has 1 heterocycles. The second-order valence-corrected chi connectivity index (χ2v) is 5.86. The summed E-state index contributed by atoms with van der Waals surface area (Å²) in [6.07, 6.45) is 2.48. The number of hydrogen-bond acceptors (Lipinski definition) is 3. The molecule has 0 amide bonds. The van der Waals surface area contributed by atoms with Crippen molar-refractivity contribution in [2.45, 2.75) is 26.3 Å². The molecule has 0 aromatic heterocycles. The van der Waals surface area contributed by atoms with Gasteiger partial charge in [-0.05, 0) is 36.5 Å². The third kappa shape index (κ3) is 5.22. The van der Waals surface area contributed by atoms with Crippen LogP contribution >= 0.6 is 0 Å². The minimum atomic E-state index is 0.553. The Labute approximate surface area is 133 Å². The molecule has 0 radical (unpaired) electrons. The van der Waals surface area contributed by atoms with Crippen molar-refractivity contribution >= 4 is 5.96 Å². The summed E-state index contributed by atoms with van der Waals surface area (Å²) in [5.41, 5.74) is 7.22. The number of guanidine groups is 1. The third-order valence-electron chi connectivity index (χ3n) is 3.86. The number of nitrogens with two attached hydrogens (primary N) is 1. The number of aliphatic imine (C=N–C) groups is 1. The van der Waals surface area contributed by atoms with Crippen LogP contribution in [0.3, 0.4) is 0 Å². The van der Waals surface area contributed by atoms with Gasteiger partial charge in [0.05, 0.1) is 13.2 Å². The maximum Gasteiger partial charge on any atom is 0.191 e. The van der Waals surface area contributed by atoms with E-state index in [1.165, 1.54) is 12.8 Å². The molecule has 22 heavy (non-hydrogen) atoms. The first-order chi connectivity index (χ1) is 10.7. The summed E-state index contributed by atoms with van der Waals surface area (Å²) in [4.78, 5) is 6.72. The van der Waals surface area contributed by atoms with Crippen LogP contribution in [0.5, 0.6) is 5.75 Å². The second kappa shape index (κ2) is 8.63. The van der Waals surface area contributed by atoms with Crippen molar-refractivity contribution in [2.75, 3.05) is 33.4 Å². The summed E-state index contributed by atoms with van der Waals surface area (Å²) in [7, 11) is 1.67. The predicted molar refractivity (Wildman–Crippen MR) is 89.1 cm³/mol. The van der Waals surface area contributed by atoms with Crippen molar-refractivity contribution in [2.24, 2.45) is 16.6 Å². The van der Waals surface area contributed by atoms with Gasteiger partial charge in [0, 0.05) is 20.2 Å². The number of nitrogens with zero attached hydrogens (tertiary/aromatic N) is 2. The monoisotopic (exact) mass is 305 g/mol. The molecule has 1 saturated heterocycles. The normalized spacial score (nSPS) is 19.3. The van der Waals surface area contributed by atoms with Crippen LogP contribution in [0.25, 0.3) is 0 Å². The number of rotatable bonds is 6. The van der Waals surface area contributed by atoms with Crippen LogP contribution in [-0.4, -0.2) is 44.3 Å². The van der Waals surface area contributed by atoms with Crippen LogP contribution < -0.4 is 10.5 Å². The molecule has 0 bridgehead atoms. The van der Waals surface area contributed by atoms with Gasteiger partial charge in [0.2, 0.25) is 0 Å². The van der Waals surface area contributed by atoms with Gasteiger partial charge in [0.1, 0.15) is 12.4 Å². The molecular formula is C17H27N3O2. The van der Waals surface area contributed by atoms with E-state index in [4.69, 9.17) is 15.2 Å². The zero-order valence-corrected chi connectivity index (χ0v) is 13.6. The first-order valence-electron chi connectivity index (χ1n) is 7.94. The van der Waals surface area contributed by atoms with E-state index in [2.05, 4.69) is 16.8 Å². The molecule has 1 aliphatic heterocycles. The average molecular weight is 305 g/mol. The highest BCUT2D eigenvalue weighted by Gasteiger charge is 2.17. The molecule has 1 unspecified atom stereocenters. The topological polar surface area (TPSA) is 60.1 Å². The van der Waals surface area contributed by atoms with Crippen LogP contribution in [0.1, 0.15) is 25.3 Å². The molecule has 1 atom stereocenters. The Hall–Kier alpha value is -1.75. The Kier molecular flexibility index (Phi) is 6.52. The Morgan fingerprint density at radius 2 is 2.27 bits per heavy atom. The van der Waals surface area contributed by atoms with Crippen molar-refractivity contribution in [3.63, 3.8) is 0 Å². The summed E-state index contributed by atoms with van der Waals surface area (Å²) in [6.45, 7) is 6.01. The Morgan fingerprint density at radius 1 is 1.41 bits per heavy atom. The van der Waals surface area contributed by atoms with Crippen molar-refractivity contribution in [1.29, 1.82) is 0 Å². The Bertz CT molecular complexity index is 491. The molecule has 0 spiro atoms. The minimum Gasteiger partial charge on any atom is -0.491 e. The molecule has 0 saturated carbocycles. The van der Waals surface area contributed by atoms with Gasteiger partial charge < -0.3 is 20.1 Å². The minimum absolute atomic E-state index is 0.553. The second-order valence-electron chi connectivity index (χ2n) is 5.86. The van der Waals surface area contributed by atoms with Crippen molar-refractivity contribution in [1.82, 2.24) is 4.90 Å². The van der Waals surface area contributed by atoms with Crippen LogP contribution in [0.15, 0.2) is 29.3 Å². The van der Waals surface area contributed by atoms with E-state index in [-0.39, 0.29) is 0 Å². The summed E-state index contributed by atoms with van der Waals surface area (Å²) in [5, 5.41) is 0. The molecule has 1 aromatic carbocycles. The van der Waals surface area contributed by atoms with Crippen LogP contribution in [0, 0.1) is 5.92 Å². The highest BCUT2D eigenvalue weighted by Crippen LogP contribution is 2.16. The summed E-state index contributed by atoms with van der Waals surface area (Å²) in [6, 6.07) is 7.97. The van der Waals surface area contributed by atoms with E-state index in [1.807, 2.05) is 24.3 Å². The lowest BCUT2D eigenvalue weighted by Gasteiger charge is -2.31. The lowest BCUT2D eigenvalue weighted by molar-refractivity contribution is 0.146. The maximum atomic E-state index is 6.12. The van der Waals surface area contributed by atoms with E-state index in [1.54, 1.807) is 7.11 Å². The average Bonchev–Trinajstić information content (AvgIpc) is 2.53. The van der Waals surface area contributed by atoms with Crippen molar-refractivity contribution in [3.05, 3.63) is 29.8 Å². The molecule has 1 aliphatic rings. The van der Waals surface area contributed by atoms with Gasteiger partial charge in [-0.15, -0.1) is 0 Å². The zero-order valence-electron chi connectivity index (χ0n) is 13.6. The number of piperidine rings is 1. The fourth-order valence-electron chi connectivity index (χ4n) is 2.65. The van der Waals surface area contributed by atoms with Crippen LogP contribution in [0.4, 0.5) is 0 Å². The standard InChI is InChI=1S/C17H27N3O2/c1-14-5-4-8-20(13-14)17(18)19-12-15-6-3-7-16(11-15)22-10-9-21-2/h3,6-7,11,14H,4-5,8-10,12-13H2,1-2H3,(H2,18,19). The summed E-state index contributed by atoms with van der Waals surface area (Å²) in [5.74, 6) is 2.19. The molecule has 0 aliphatic carbocycles. The zero-order chi connectivity index (χ0) is 15.8. The number of ether oxygens (including phenoxy) is 2. The fourth-order valence-corrected chi connectivity index (χ4v) is 2.65. The molecule has 5 heteroatoms. The first kappa shape index (κ1) is 16.6.